The van der Waals surface area contributed by atoms with Gasteiger partial charge in [-0.25, -0.2) is 0 Å². The fourth-order valence-corrected chi connectivity index (χ4v) is 8.44. The van der Waals surface area contributed by atoms with Gasteiger partial charge in [-0.1, -0.05) is 161 Å². The van der Waals surface area contributed by atoms with Crippen LogP contribution in [0.5, 0.6) is 0 Å². The Morgan fingerprint density at radius 1 is 0.451 bits per heavy atom. The average Bonchev–Trinajstić information content (AvgIpc) is 3.39. The van der Waals surface area contributed by atoms with Crippen molar-refractivity contribution >= 4 is 38.6 Å². The third-order valence-electron chi connectivity index (χ3n) is 11.3. The van der Waals surface area contributed by atoms with Crippen molar-refractivity contribution < 1.29 is 0 Å². The van der Waals surface area contributed by atoms with Crippen molar-refractivity contribution in [1.82, 2.24) is 0 Å². The Morgan fingerprint density at radius 2 is 1.02 bits per heavy atom. The van der Waals surface area contributed by atoms with Gasteiger partial charge in [-0.2, -0.15) is 0 Å². The van der Waals surface area contributed by atoms with Gasteiger partial charge in [0.1, 0.15) is 0 Å². The molecule has 0 N–H and O–H groups in total. The van der Waals surface area contributed by atoms with Crippen LogP contribution in [0.25, 0.3) is 43.8 Å². The van der Waals surface area contributed by atoms with Gasteiger partial charge in [0.2, 0.25) is 0 Å². The van der Waals surface area contributed by atoms with Crippen LogP contribution in [0.2, 0.25) is 0 Å². The molecule has 8 aromatic rings. The largest absolute Gasteiger partial charge is 0.310 e. The Balaban J connectivity index is 1.24. The number of benzene rings is 8. The summed E-state index contributed by atoms with van der Waals surface area (Å²) in [6.07, 6.45) is 0. The molecule has 9 rings (SSSR count). The number of hydrogen-bond acceptors (Lipinski definition) is 1. The second-order valence-electron chi connectivity index (χ2n) is 15.0. The smallest absolute Gasteiger partial charge is 0.0540 e. The minimum Gasteiger partial charge on any atom is -0.310 e. The van der Waals surface area contributed by atoms with Gasteiger partial charge >= 0.3 is 0 Å². The molecular weight excluding hydrogens is 615 g/mol. The molecular formula is C50H41N. The van der Waals surface area contributed by atoms with E-state index in [1.165, 1.54) is 71.7 Å². The Hall–Kier alpha value is -5.92. The van der Waals surface area contributed by atoms with Gasteiger partial charge in [0.25, 0.3) is 0 Å². The lowest BCUT2D eigenvalue weighted by Gasteiger charge is -2.32. The second kappa shape index (κ2) is 11.9. The standard InChI is InChI=1S/C50H41N/c1-49(2,38-19-9-6-10-20-38)45-29-30-48(43-22-14-13-21-41(43)45)51(39-25-23-35(24-26-39)34-15-7-5-8-16-34)40-27-28-42-44-31-36-17-11-12-18-37(36)32-46(44)50(3,4)47(42)33-40/h5-33H,1-4H3. The molecule has 0 heterocycles. The first-order valence-corrected chi connectivity index (χ1v) is 18.0. The molecule has 8 aromatic carbocycles. The van der Waals surface area contributed by atoms with Crippen LogP contribution >= 0.6 is 0 Å². The molecule has 246 valence electrons. The molecule has 0 saturated heterocycles. The number of nitrogens with zero attached hydrogens (tertiary/aromatic N) is 1. The summed E-state index contributed by atoms with van der Waals surface area (Å²) < 4.78 is 0. The zero-order chi connectivity index (χ0) is 34.7. The minimum atomic E-state index is -0.172. The van der Waals surface area contributed by atoms with Crippen LogP contribution in [0.4, 0.5) is 17.1 Å². The summed E-state index contributed by atoms with van der Waals surface area (Å²) >= 11 is 0. The molecule has 0 amide bonds. The van der Waals surface area contributed by atoms with Gasteiger partial charge in [-0.05, 0) is 103 Å². The molecule has 1 aliphatic carbocycles. The minimum absolute atomic E-state index is 0.140. The summed E-state index contributed by atoms with van der Waals surface area (Å²) in [4.78, 5) is 2.46. The van der Waals surface area contributed by atoms with E-state index in [1.807, 2.05) is 0 Å². The first kappa shape index (κ1) is 31.1. The van der Waals surface area contributed by atoms with Crippen molar-refractivity contribution in [3.63, 3.8) is 0 Å². The predicted molar refractivity (Wildman–Crippen MR) is 218 cm³/mol. The van der Waals surface area contributed by atoms with E-state index in [9.17, 15) is 0 Å². The summed E-state index contributed by atoms with van der Waals surface area (Å²) in [6.45, 7) is 9.44. The zero-order valence-electron chi connectivity index (χ0n) is 29.7. The molecule has 0 radical (unpaired) electrons. The van der Waals surface area contributed by atoms with Gasteiger partial charge in [0.15, 0.2) is 0 Å². The lowest BCUT2D eigenvalue weighted by molar-refractivity contribution is 0.647. The van der Waals surface area contributed by atoms with Crippen LogP contribution in [0.15, 0.2) is 176 Å². The third kappa shape index (κ3) is 5.07. The summed E-state index contributed by atoms with van der Waals surface area (Å²) in [5, 5.41) is 5.09. The highest BCUT2D eigenvalue weighted by atomic mass is 15.1. The molecule has 0 bridgehead atoms. The summed E-state index contributed by atoms with van der Waals surface area (Å²) in [7, 11) is 0. The maximum absolute atomic E-state index is 2.46. The molecule has 1 nitrogen and oxygen atoms in total. The lowest BCUT2D eigenvalue weighted by Crippen LogP contribution is -2.20. The average molecular weight is 656 g/mol. The van der Waals surface area contributed by atoms with E-state index < -0.39 is 0 Å². The van der Waals surface area contributed by atoms with Gasteiger partial charge < -0.3 is 4.90 Å². The molecule has 1 heteroatoms. The number of anilines is 3. The molecule has 0 aromatic heterocycles. The highest BCUT2D eigenvalue weighted by Crippen LogP contribution is 2.52. The highest BCUT2D eigenvalue weighted by molar-refractivity contribution is 6.02. The first-order valence-electron chi connectivity index (χ1n) is 18.0. The van der Waals surface area contributed by atoms with Gasteiger partial charge in [0, 0.05) is 27.6 Å². The normalized spacial score (nSPS) is 13.3. The quantitative estimate of drug-likeness (QED) is 0.172. The highest BCUT2D eigenvalue weighted by Gasteiger charge is 2.36. The van der Waals surface area contributed by atoms with Crippen LogP contribution in [0, 0.1) is 0 Å². The van der Waals surface area contributed by atoms with E-state index in [0.29, 0.717) is 0 Å². The second-order valence-corrected chi connectivity index (χ2v) is 15.0. The SMILES string of the molecule is CC1(C)c2cc(N(c3ccc(-c4ccccc4)cc3)c3ccc(C(C)(C)c4ccccc4)c4ccccc34)ccc2-c2cc3ccccc3cc21. The topological polar surface area (TPSA) is 3.24 Å². The first-order chi connectivity index (χ1) is 24.8. The van der Waals surface area contributed by atoms with Gasteiger partial charge in [-0.3, -0.25) is 0 Å². The number of hydrogen-bond donors (Lipinski definition) is 0. The van der Waals surface area contributed by atoms with Crippen molar-refractivity contribution in [2.75, 3.05) is 4.90 Å². The molecule has 0 unspecified atom stereocenters. The Labute approximate surface area is 301 Å². The van der Waals surface area contributed by atoms with Crippen LogP contribution in [0.1, 0.15) is 49.9 Å². The summed E-state index contributed by atoms with van der Waals surface area (Å²) in [5.74, 6) is 0. The van der Waals surface area contributed by atoms with Crippen LogP contribution in [-0.2, 0) is 10.8 Å². The van der Waals surface area contributed by atoms with Crippen molar-refractivity contribution in [2.24, 2.45) is 0 Å². The fourth-order valence-electron chi connectivity index (χ4n) is 8.44. The Morgan fingerprint density at radius 3 is 1.75 bits per heavy atom. The van der Waals surface area contributed by atoms with Crippen molar-refractivity contribution in [3.8, 4) is 22.3 Å². The zero-order valence-corrected chi connectivity index (χ0v) is 29.7. The molecule has 0 aliphatic heterocycles. The molecule has 0 saturated carbocycles. The summed E-state index contributed by atoms with van der Waals surface area (Å²) in [6, 6.07) is 64.9. The maximum atomic E-state index is 2.46. The predicted octanol–water partition coefficient (Wildman–Crippen LogP) is 13.8. The van der Waals surface area contributed by atoms with Crippen molar-refractivity contribution in [1.29, 1.82) is 0 Å². The van der Waals surface area contributed by atoms with E-state index in [0.717, 1.165) is 11.4 Å². The monoisotopic (exact) mass is 655 g/mol. The van der Waals surface area contributed by atoms with E-state index in [4.69, 9.17) is 0 Å². The van der Waals surface area contributed by atoms with E-state index in [-0.39, 0.29) is 10.8 Å². The molecule has 0 fully saturated rings. The van der Waals surface area contributed by atoms with Crippen LogP contribution < -0.4 is 4.90 Å². The number of rotatable bonds is 6. The molecule has 0 atom stereocenters. The molecule has 51 heavy (non-hydrogen) atoms. The third-order valence-corrected chi connectivity index (χ3v) is 11.3. The van der Waals surface area contributed by atoms with E-state index in [1.54, 1.807) is 0 Å². The summed E-state index contributed by atoms with van der Waals surface area (Å²) in [5.41, 5.74) is 13.6. The molecule has 1 aliphatic rings. The van der Waals surface area contributed by atoms with Gasteiger partial charge in [-0.15, -0.1) is 0 Å². The Kier molecular flexibility index (Phi) is 7.22. The lowest BCUT2D eigenvalue weighted by atomic mass is 9.76. The van der Waals surface area contributed by atoms with E-state index >= 15 is 0 Å². The fraction of sp³-hybridized carbons (Fsp3) is 0.120. The van der Waals surface area contributed by atoms with Crippen molar-refractivity contribution in [2.45, 2.75) is 38.5 Å². The van der Waals surface area contributed by atoms with E-state index in [2.05, 4.69) is 209 Å². The van der Waals surface area contributed by atoms with Crippen LogP contribution in [-0.4, -0.2) is 0 Å². The maximum Gasteiger partial charge on any atom is 0.0540 e. The van der Waals surface area contributed by atoms with Crippen LogP contribution in [0.3, 0.4) is 0 Å². The Bertz CT molecular complexity index is 2560. The number of fused-ring (bicyclic) bond motifs is 5. The van der Waals surface area contributed by atoms with Crippen molar-refractivity contribution in [3.05, 3.63) is 198 Å². The van der Waals surface area contributed by atoms with Gasteiger partial charge in [0.05, 0.1) is 5.69 Å². The molecule has 0 spiro atoms.